The first-order chi connectivity index (χ1) is 25.5. The van der Waals surface area contributed by atoms with Crippen molar-refractivity contribution in [3.63, 3.8) is 0 Å². The summed E-state index contributed by atoms with van der Waals surface area (Å²) < 4.78 is 8.95. The minimum Gasteiger partial charge on any atom is -0.386 e. The predicted molar refractivity (Wildman–Crippen MR) is 215 cm³/mol. The summed E-state index contributed by atoms with van der Waals surface area (Å²) in [6.07, 6.45) is 11.1. The lowest BCUT2D eigenvalue weighted by molar-refractivity contribution is 0.0737. The minimum absolute atomic E-state index is 0. The second-order valence-corrected chi connectivity index (χ2v) is 15.7. The third-order valence-corrected chi connectivity index (χ3v) is 10.2. The Balaban J connectivity index is 0.000000207. The van der Waals surface area contributed by atoms with Crippen molar-refractivity contribution in [2.45, 2.75) is 106 Å². The van der Waals surface area contributed by atoms with E-state index < -0.39 is 22.6 Å². The standard InChI is InChI=1S/2C19H23N5O3.2CH4/c1-19(2,27)13-6-7-14(20-8-13)10-24-17(25)15-16(22(3)18(24)26)21-11-23(15)9-12-4-5-12;1-19(2,27)14-7-6-13(8-20-14)10-24-17(25)15-16(22(3)18(24)26)21-11-23(15)9-12-4-5-12;;/h2*6-8,11-12,27H,4-5,9-10H2,1-3H3;2*1H4. The minimum atomic E-state index is -1.04. The lowest BCUT2D eigenvalue weighted by atomic mass is 10.0. The summed E-state index contributed by atoms with van der Waals surface area (Å²) in [5.74, 6) is 1.18. The lowest BCUT2D eigenvalue weighted by Gasteiger charge is -2.17. The van der Waals surface area contributed by atoms with Gasteiger partial charge >= 0.3 is 11.4 Å². The quantitative estimate of drug-likeness (QED) is 0.209. The second kappa shape index (κ2) is 15.6. The first-order valence-electron chi connectivity index (χ1n) is 18.2. The SMILES string of the molecule is C.C.Cn1c(=O)n(Cc2ccc(C(C)(C)O)cn2)c(=O)c2c1ncn2CC1CC1.Cn1c(=O)n(Cc2ccc(C(C)(C)O)nc2)c(=O)c2c1ncn2CC1CC1. The van der Waals surface area contributed by atoms with Crippen LogP contribution in [0.25, 0.3) is 22.3 Å². The molecule has 0 aliphatic heterocycles. The van der Waals surface area contributed by atoms with Crippen molar-refractivity contribution in [1.29, 1.82) is 0 Å². The molecule has 0 radical (unpaired) electrons. The molecule has 0 spiro atoms. The summed E-state index contributed by atoms with van der Waals surface area (Å²) in [7, 11) is 3.25. The molecule has 2 saturated carbocycles. The van der Waals surface area contributed by atoms with Gasteiger partial charge in [-0.05, 0) is 82.9 Å². The van der Waals surface area contributed by atoms with E-state index in [2.05, 4.69) is 19.9 Å². The Morgan fingerprint density at radius 1 is 0.643 bits per heavy atom. The average molecular weight is 771 g/mol. The zero-order valence-electron chi connectivity index (χ0n) is 31.4. The Morgan fingerprint density at radius 3 is 1.54 bits per heavy atom. The Kier molecular flexibility index (Phi) is 11.6. The molecular formula is C40H54N10O6. The van der Waals surface area contributed by atoms with Crippen LogP contribution >= 0.6 is 0 Å². The molecule has 0 atom stereocenters. The van der Waals surface area contributed by atoms with Crippen molar-refractivity contribution in [1.82, 2.24) is 47.3 Å². The summed E-state index contributed by atoms with van der Waals surface area (Å²) >= 11 is 0. The molecule has 0 unspecified atom stereocenters. The van der Waals surface area contributed by atoms with Crippen LogP contribution in [0.2, 0.25) is 0 Å². The van der Waals surface area contributed by atoms with Gasteiger partial charge in [-0.3, -0.25) is 37.8 Å². The van der Waals surface area contributed by atoms with Crippen LogP contribution in [-0.4, -0.2) is 57.6 Å². The normalized spacial score (nSPS) is 14.3. The monoisotopic (exact) mass is 770 g/mol. The highest BCUT2D eigenvalue weighted by atomic mass is 16.3. The molecule has 56 heavy (non-hydrogen) atoms. The van der Waals surface area contributed by atoms with Crippen molar-refractivity contribution < 1.29 is 10.2 Å². The molecular weight excluding hydrogens is 717 g/mol. The van der Waals surface area contributed by atoms with Gasteiger partial charge in [0.05, 0.1) is 42.7 Å². The van der Waals surface area contributed by atoms with Crippen LogP contribution in [0.1, 0.15) is 90.7 Å². The first kappa shape index (κ1) is 41.7. The van der Waals surface area contributed by atoms with Gasteiger partial charge in [-0.25, -0.2) is 19.6 Å². The van der Waals surface area contributed by atoms with Gasteiger partial charge in [-0.2, -0.15) is 0 Å². The zero-order chi connectivity index (χ0) is 38.7. The molecule has 0 saturated heterocycles. The summed E-state index contributed by atoms with van der Waals surface area (Å²) in [6, 6.07) is 6.97. The van der Waals surface area contributed by atoms with Crippen LogP contribution in [-0.2, 0) is 51.5 Å². The van der Waals surface area contributed by atoms with Crippen LogP contribution in [0, 0.1) is 11.8 Å². The number of pyridine rings is 2. The summed E-state index contributed by atoms with van der Waals surface area (Å²) in [5.41, 5.74) is 0.697. The van der Waals surface area contributed by atoms with Gasteiger partial charge in [0.25, 0.3) is 11.1 Å². The fourth-order valence-corrected chi connectivity index (χ4v) is 6.46. The van der Waals surface area contributed by atoms with Gasteiger partial charge in [0.15, 0.2) is 22.3 Å². The van der Waals surface area contributed by atoms with Crippen molar-refractivity contribution in [2.75, 3.05) is 0 Å². The van der Waals surface area contributed by atoms with E-state index in [0.29, 0.717) is 51.1 Å². The number of hydrogen-bond acceptors (Lipinski definition) is 10. The maximum atomic E-state index is 13.0. The Labute approximate surface area is 324 Å². The molecule has 6 aromatic rings. The van der Waals surface area contributed by atoms with E-state index in [1.807, 2.05) is 9.13 Å². The smallest absolute Gasteiger partial charge is 0.332 e. The number of fused-ring (bicyclic) bond motifs is 2. The summed E-state index contributed by atoms with van der Waals surface area (Å²) in [4.78, 5) is 68.6. The third-order valence-electron chi connectivity index (χ3n) is 10.2. The van der Waals surface area contributed by atoms with Crippen LogP contribution in [0.3, 0.4) is 0 Å². The van der Waals surface area contributed by atoms with Gasteiger partial charge in [0.1, 0.15) is 5.60 Å². The molecule has 0 bridgehead atoms. The third kappa shape index (κ3) is 8.35. The molecule has 8 rings (SSSR count). The van der Waals surface area contributed by atoms with E-state index in [4.69, 9.17) is 0 Å². The topological polar surface area (TPSA) is 190 Å². The van der Waals surface area contributed by atoms with Gasteiger partial charge in [0, 0.05) is 45.1 Å². The largest absolute Gasteiger partial charge is 0.386 e. The fourth-order valence-electron chi connectivity index (χ4n) is 6.46. The molecule has 0 amide bonds. The van der Waals surface area contributed by atoms with Crippen molar-refractivity contribution >= 4 is 22.3 Å². The van der Waals surface area contributed by atoms with Crippen LogP contribution in [0.15, 0.2) is 68.5 Å². The van der Waals surface area contributed by atoms with Crippen LogP contribution in [0.5, 0.6) is 0 Å². The van der Waals surface area contributed by atoms with Gasteiger partial charge in [-0.15, -0.1) is 0 Å². The molecule has 2 aliphatic carbocycles. The average Bonchev–Trinajstić information content (AvgIpc) is 4.04. The summed E-state index contributed by atoms with van der Waals surface area (Å²) in [5, 5.41) is 20.1. The van der Waals surface area contributed by atoms with E-state index in [0.717, 1.165) is 31.5 Å². The second-order valence-electron chi connectivity index (χ2n) is 15.7. The number of aryl methyl sites for hydroxylation is 2. The van der Waals surface area contributed by atoms with Crippen molar-refractivity contribution in [2.24, 2.45) is 25.9 Å². The molecule has 16 nitrogen and oxygen atoms in total. The van der Waals surface area contributed by atoms with Crippen LogP contribution < -0.4 is 22.5 Å². The number of nitrogens with zero attached hydrogens (tertiary/aromatic N) is 10. The van der Waals surface area contributed by atoms with E-state index in [9.17, 15) is 29.4 Å². The molecule has 300 valence electrons. The highest BCUT2D eigenvalue weighted by Crippen LogP contribution is 2.32. The van der Waals surface area contributed by atoms with E-state index in [1.54, 1.807) is 91.1 Å². The fraction of sp³-hybridized carbons (Fsp3) is 0.500. The Morgan fingerprint density at radius 2 is 1.14 bits per heavy atom. The van der Waals surface area contributed by atoms with E-state index >= 15 is 0 Å². The number of hydrogen-bond donors (Lipinski definition) is 2. The van der Waals surface area contributed by atoms with Crippen molar-refractivity contribution in [3.05, 3.63) is 114 Å². The van der Waals surface area contributed by atoms with Gasteiger partial charge in [0.2, 0.25) is 0 Å². The zero-order valence-corrected chi connectivity index (χ0v) is 31.4. The van der Waals surface area contributed by atoms with E-state index in [-0.39, 0.29) is 39.1 Å². The summed E-state index contributed by atoms with van der Waals surface area (Å²) in [6.45, 7) is 8.37. The van der Waals surface area contributed by atoms with Crippen LogP contribution in [0.4, 0.5) is 0 Å². The molecule has 2 N–H and O–H groups in total. The highest BCUT2D eigenvalue weighted by molar-refractivity contribution is 5.70. The lowest BCUT2D eigenvalue weighted by Crippen LogP contribution is -2.40. The molecule has 16 heteroatoms. The maximum absolute atomic E-state index is 13.0. The Bertz CT molecular complexity index is 2410. The molecule has 2 aliphatic rings. The molecule has 2 fully saturated rings. The number of rotatable bonds is 10. The molecule has 0 aromatic carbocycles. The van der Waals surface area contributed by atoms with Gasteiger partial charge in [-0.1, -0.05) is 27.0 Å². The maximum Gasteiger partial charge on any atom is 0.332 e. The first-order valence-corrected chi connectivity index (χ1v) is 18.2. The van der Waals surface area contributed by atoms with Gasteiger partial charge < -0.3 is 19.3 Å². The van der Waals surface area contributed by atoms with E-state index in [1.165, 1.54) is 31.1 Å². The molecule has 6 aromatic heterocycles. The number of aromatic nitrogens is 10. The highest BCUT2D eigenvalue weighted by Gasteiger charge is 2.26. The predicted octanol–water partition coefficient (Wildman–Crippen LogP) is 3.23. The number of imidazole rings is 2. The molecule has 6 heterocycles. The number of aliphatic hydroxyl groups is 2. The van der Waals surface area contributed by atoms with Crippen molar-refractivity contribution in [3.8, 4) is 0 Å². The Hall–Kier alpha value is -5.48.